The monoisotopic (exact) mass is 300 g/mol. The molecular weight excluding hydrogens is 288 g/mol. The molecular formula is C11H13ClN4O2S. The number of hydrogen-bond donors (Lipinski definition) is 2. The first-order valence-electron chi connectivity index (χ1n) is 5.41. The topological polar surface area (TPSA) is 92.1 Å². The highest BCUT2D eigenvalue weighted by atomic mass is 35.5. The summed E-state index contributed by atoms with van der Waals surface area (Å²) in [4.78, 5) is 6.74. The van der Waals surface area contributed by atoms with Crippen molar-refractivity contribution >= 4 is 27.3 Å². The summed E-state index contributed by atoms with van der Waals surface area (Å²) >= 11 is 5.93. The lowest BCUT2D eigenvalue weighted by Crippen LogP contribution is -2.28. The molecule has 2 rings (SSSR count). The lowest BCUT2D eigenvalue weighted by Gasteiger charge is -2.18. The fraction of sp³-hybridized carbons (Fsp3) is 0.182. The van der Waals surface area contributed by atoms with Gasteiger partial charge in [0.2, 0.25) is 10.0 Å². The maximum atomic E-state index is 12.4. The number of rotatable bonds is 4. The van der Waals surface area contributed by atoms with Crippen molar-refractivity contribution in [2.75, 3.05) is 12.8 Å². The Morgan fingerprint density at radius 1 is 1.47 bits per heavy atom. The van der Waals surface area contributed by atoms with Gasteiger partial charge in [0.05, 0.1) is 17.3 Å². The molecule has 6 nitrogen and oxygen atoms in total. The van der Waals surface area contributed by atoms with Gasteiger partial charge in [0, 0.05) is 19.4 Å². The van der Waals surface area contributed by atoms with Gasteiger partial charge < -0.3 is 10.7 Å². The van der Waals surface area contributed by atoms with Gasteiger partial charge in [0.25, 0.3) is 0 Å². The van der Waals surface area contributed by atoms with E-state index in [0.29, 0.717) is 5.82 Å². The maximum Gasteiger partial charge on any atom is 0.246 e. The van der Waals surface area contributed by atoms with Gasteiger partial charge in [0.1, 0.15) is 10.7 Å². The number of nitrogens with two attached hydrogens (primary N) is 1. The SMILES string of the molecule is CN(Cc1ncc[nH]1)S(=O)(=O)c1c(N)cccc1Cl. The second-order valence-electron chi connectivity index (χ2n) is 3.96. The van der Waals surface area contributed by atoms with Gasteiger partial charge >= 0.3 is 0 Å². The molecule has 102 valence electrons. The van der Waals surface area contributed by atoms with E-state index in [4.69, 9.17) is 17.3 Å². The fourth-order valence-electron chi connectivity index (χ4n) is 1.63. The number of H-pyrrole nitrogens is 1. The number of aromatic nitrogens is 2. The van der Waals surface area contributed by atoms with E-state index >= 15 is 0 Å². The Balaban J connectivity index is 2.37. The second-order valence-corrected chi connectivity index (χ2v) is 6.34. The van der Waals surface area contributed by atoms with E-state index in [1.807, 2.05) is 0 Å². The van der Waals surface area contributed by atoms with Crippen LogP contribution in [0.4, 0.5) is 5.69 Å². The minimum atomic E-state index is -3.76. The van der Waals surface area contributed by atoms with E-state index in [-0.39, 0.29) is 22.2 Å². The smallest absolute Gasteiger partial charge is 0.246 e. The van der Waals surface area contributed by atoms with Crippen LogP contribution in [0.3, 0.4) is 0 Å². The number of anilines is 1. The van der Waals surface area contributed by atoms with E-state index in [1.54, 1.807) is 18.5 Å². The van der Waals surface area contributed by atoms with Crippen LogP contribution >= 0.6 is 11.6 Å². The standard InChI is InChI=1S/C11H13ClN4O2S/c1-16(7-10-14-5-6-15-10)19(17,18)11-8(12)3-2-4-9(11)13/h2-6H,7,13H2,1H3,(H,14,15). The van der Waals surface area contributed by atoms with Crippen molar-refractivity contribution in [3.63, 3.8) is 0 Å². The molecule has 0 bridgehead atoms. The lowest BCUT2D eigenvalue weighted by atomic mass is 10.3. The molecule has 0 spiro atoms. The van der Waals surface area contributed by atoms with E-state index in [2.05, 4.69) is 9.97 Å². The molecule has 8 heteroatoms. The summed E-state index contributed by atoms with van der Waals surface area (Å²) in [7, 11) is -2.31. The maximum absolute atomic E-state index is 12.4. The van der Waals surface area contributed by atoms with Gasteiger partial charge in [0.15, 0.2) is 0 Å². The first-order valence-corrected chi connectivity index (χ1v) is 7.23. The molecule has 0 radical (unpaired) electrons. The normalized spacial score (nSPS) is 11.9. The molecule has 0 aliphatic heterocycles. The van der Waals surface area contributed by atoms with Gasteiger partial charge in [-0.05, 0) is 12.1 Å². The molecule has 1 aromatic heterocycles. The average molecular weight is 301 g/mol. The van der Waals surface area contributed by atoms with Crippen LogP contribution in [0, 0.1) is 0 Å². The number of nitrogen functional groups attached to an aromatic ring is 1. The molecule has 0 saturated heterocycles. The predicted molar refractivity (Wildman–Crippen MR) is 73.1 cm³/mol. The minimum Gasteiger partial charge on any atom is -0.398 e. The Morgan fingerprint density at radius 2 is 2.21 bits per heavy atom. The molecule has 0 atom stereocenters. The van der Waals surface area contributed by atoms with Gasteiger partial charge in [-0.15, -0.1) is 0 Å². The van der Waals surface area contributed by atoms with E-state index in [1.165, 1.54) is 19.2 Å². The Bertz CT molecular complexity index is 650. The molecule has 1 aromatic carbocycles. The Hall–Kier alpha value is -1.57. The van der Waals surface area contributed by atoms with Crippen LogP contribution < -0.4 is 5.73 Å². The van der Waals surface area contributed by atoms with Crippen LogP contribution in [0.25, 0.3) is 0 Å². The number of nitrogens with one attached hydrogen (secondary N) is 1. The molecule has 1 heterocycles. The van der Waals surface area contributed by atoms with Crippen molar-refractivity contribution in [3.05, 3.63) is 41.4 Å². The highest BCUT2D eigenvalue weighted by Gasteiger charge is 2.26. The van der Waals surface area contributed by atoms with Crippen molar-refractivity contribution in [1.29, 1.82) is 0 Å². The number of hydrogen-bond acceptors (Lipinski definition) is 4. The zero-order chi connectivity index (χ0) is 14.0. The second kappa shape index (κ2) is 5.20. The number of imidazole rings is 1. The van der Waals surface area contributed by atoms with Crippen molar-refractivity contribution < 1.29 is 8.42 Å². The highest BCUT2D eigenvalue weighted by Crippen LogP contribution is 2.29. The molecule has 3 N–H and O–H groups in total. The molecule has 0 aliphatic rings. The predicted octanol–water partition coefficient (Wildman–Crippen LogP) is 1.47. The molecule has 0 amide bonds. The van der Waals surface area contributed by atoms with E-state index in [0.717, 1.165) is 4.31 Å². The van der Waals surface area contributed by atoms with Crippen LogP contribution in [-0.4, -0.2) is 29.7 Å². The van der Waals surface area contributed by atoms with Crippen LogP contribution in [0.5, 0.6) is 0 Å². The average Bonchev–Trinajstić information content (AvgIpc) is 2.81. The summed E-state index contributed by atoms with van der Waals surface area (Å²) in [5, 5.41) is 0.103. The third-order valence-corrected chi connectivity index (χ3v) is 4.94. The quantitative estimate of drug-likeness (QED) is 0.836. The van der Waals surface area contributed by atoms with Gasteiger partial charge in [-0.2, -0.15) is 4.31 Å². The van der Waals surface area contributed by atoms with Crippen LogP contribution in [0.1, 0.15) is 5.82 Å². The summed E-state index contributed by atoms with van der Waals surface area (Å²) in [6.07, 6.45) is 3.18. The first-order chi connectivity index (χ1) is 8.93. The van der Waals surface area contributed by atoms with Crippen molar-refractivity contribution in [3.8, 4) is 0 Å². The molecule has 2 aromatic rings. The molecule has 19 heavy (non-hydrogen) atoms. The van der Waals surface area contributed by atoms with Crippen LogP contribution in [-0.2, 0) is 16.6 Å². The van der Waals surface area contributed by atoms with Crippen LogP contribution in [0.15, 0.2) is 35.5 Å². The lowest BCUT2D eigenvalue weighted by molar-refractivity contribution is 0.458. The van der Waals surface area contributed by atoms with Crippen molar-refractivity contribution in [2.45, 2.75) is 11.4 Å². The summed E-state index contributed by atoms with van der Waals surface area (Å²) in [6.45, 7) is 0.111. The number of aromatic amines is 1. The third kappa shape index (κ3) is 2.73. The first kappa shape index (κ1) is 13.9. The van der Waals surface area contributed by atoms with E-state index < -0.39 is 10.0 Å². The summed E-state index contributed by atoms with van der Waals surface area (Å²) < 4.78 is 26.0. The van der Waals surface area contributed by atoms with Crippen molar-refractivity contribution in [2.24, 2.45) is 0 Å². The Kier molecular flexibility index (Phi) is 3.79. The van der Waals surface area contributed by atoms with Gasteiger partial charge in [-0.25, -0.2) is 13.4 Å². The van der Waals surface area contributed by atoms with Crippen LogP contribution in [0.2, 0.25) is 5.02 Å². The van der Waals surface area contributed by atoms with E-state index in [9.17, 15) is 8.42 Å². The molecule has 0 unspecified atom stereocenters. The zero-order valence-electron chi connectivity index (χ0n) is 10.2. The van der Waals surface area contributed by atoms with Crippen molar-refractivity contribution in [1.82, 2.24) is 14.3 Å². The largest absolute Gasteiger partial charge is 0.398 e. The summed E-state index contributed by atoms with van der Waals surface area (Å²) in [5.41, 5.74) is 5.83. The summed E-state index contributed by atoms with van der Waals surface area (Å²) in [6, 6.07) is 4.59. The number of sulfonamides is 1. The minimum absolute atomic E-state index is 0.0780. The fourth-order valence-corrected chi connectivity index (χ4v) is 3.39. The van der Waals surface area contributed by atoms with Gasteiger partial charge in [-0.3, -0.25) is 0 Å². The number of nitrogens with zero attached hydrogens (tertiary/aromatic N) is 2. The zero-order valence-corrected chi connectivity index (χ0v) is 11.7. The summed E-state index contributed by atoms with van der Waals surface area (Å²) in [5.74, 6) is 0.539. The van der Waals surface area contributed by atoms with Gasteiger partial charge in [-0.1, -0.05) is 17.7 Å². The highest BCUT2D eigenvalue weighted by molar-refractivity contribution is 7.89. The number of benzene rings is 1. The number of halogens is 1. The molecule has 0 fully saturated rings. The molecule has 0 aliphatic carbocycles. The third-order valence-electron chi connectivity index (χ3n) is 2.59. The Morgan fingerprint density at radius 3 is 2.79 bits per heavy atom. The Labute approximate surface area is 116 Å². The molecule has 0 saturated carbocycles.